The van der Waals surface area contributed by atoms with Gasteiger partial charge in [0.25, 0.3) is 6.43 Å². The molecule has 140 valence electrons. The number of benzene rings is 1. The second-order valence-corrected chi connectivity index (χ2v) is 5.50. The lowest BCUT2D eigenvalue weighted by Crippen LogP contribution is -2.34. The summed E-state index contributed by atoms with van der Waals surface area (Å²) in [7, 11) is 0. The Kier molecular flexibility index (Phi) is 9.58. The minimum Gasteiger partial charge on any atom is -0.490 e. The number of ether oxygens (including phenoxy) is 2. The van der Waals surface area contributed by atoms with E-state index in [0.717, 1.165) is 16.9 Å². The number of alkyl halides is 2. The van der Waals surface area contributed by atoms with Crippen molar-refractivity contribution in [2.75, 3.05) is 26.3 Å². The molecule has 25 heavy (non-hydrogen) atoms. The largest absolute Gasteiger partial charge is 0.490 e. The second-order valence-electron chi connectivity index (χ2n) is 5.50. The molecule has 0 N–H and O–H groups in total. The van der Waals surface area contributed by atoms with Gasteiger partial charge in [-0.2, -0.15) is 0 Å². The molecule has 0 bridgehead atoms. The number of halogens is 2. The summed E-state index contributed by atoms with van der Waals surface area (Å²) in [5.74, 6) is 0.826. The molecule has 1 aromatic carbocycles. The van der Waals surface area contributed by atoms with Crippen molar-refractivity contribution in [1.82, 2.24) is 4.90 Å². The van der Waals surface area contributed by atoms with E-state index in [1.807, 2.05) is 20.8 Å². The maximum Gasteiger partial charge on any atom is 0.255 e. The van der Waals surface area contributed by atoms with Gasteiger partial charge >= 0.3 is 0 Å². The molecule has 1 amide bonds. The van der Waals surface area contributed by atoms with Crippen molar-refractivity contribution in [3.63, 3.8) is 0 Å². The Hall–Kier alpha value is -2.11. The van der Waals surface area contributed by atoms with Gasteiger partial charge in [0.1, 0.15) is 0 Å². The Morgan fingerprint density at radius 3 is 2.52 bits per heavy atom. The Bertz CT molecular complexity index is 562. The molecule has 1 aromatic rings. The lowest BCUT2D eigenvalue weighted by atomic mass is 10.2. The molecule has 0 spiro atoms. The van der Waals surface area contributed by atoms with E-state index in [-0.39, 0.29) is 0 Å². The predicted octanol–water partition coefficient (Wildman–Crippen LogP) is 4.39. The molecule has 4 nitrogen and oxygen atoms in total. The summed E-state index contributed by atoms with van der Waals surface area (Å²) in [4.78, 5) is 13.3. The SMILES string of the molecule is CCCOc1ccc(/C=C/C(=O)N(CCC)CC(F)F)cc1OCC. The van der Waals surface area contributed by atoms with Crippen LogP contribution in [0.2, 0.25) is 0 Å². The highest BCUT2D eigenvalue weighted by molar-refractivity contribution is 5.91. The summed E-state index contributed by atoms with van der Waals surface area (Å²) in [6, 6.07) is 5.36. The van der Waals surface area contributed by atoms with Gasteiger partial charge in [-0.3, -0.25) is 4.79 Å². The molecule has 0 unspecified atom stereocenters. The third-order valence-corrected chi connectivity index (χ3v) is 3.31. The first-order valence-corrected chi connectivity index (χ1v) is 8.66. The lowest BCUT2D eigenvalue weighted by Gasteiger charge is -2.19. The highest BCUT2D eigenvalue weighted by atomic mass is 19.3. The number of carbonyl (C=O) groups excluding carboxylic acids is 1. The van der Waals surface area contributed by atoms with Gasteiger partial charge in [0.2, 0.25) is 5.91 Å². The summed E-state index contributed by atoms with van der Waals surface area (Å²) >= 11 is 0. The molecule has 0 aliphatic carbocycles. The molecular formula is C19H27F2NO3. The Balaban J connectivity index is 2.87. The molecule has 0 aliphatic heterocycles. The van der Waals surface area contributed by atoms with Crippen molar-refractivity contribution in [3.8, 4) is 11.5 Å². The molecule has 1 rings (SSSR count). The van der Waals surface area contributed by atoms with Crippen LogP contribution >= 0.6 is 0 Å². The van der Waals surface area contributed by atoms with Crippen LogP contribution in [0.25, 0.3) is 6.08 Å². The predicted molar refractivity (Wildman–Crippen MR) is 95.3 cm³/mol. The van der Waals surface area contributed by atoms with E-state index in [0.29, 0.717) is 37.7 Å². The minimum absolute atomic E-state index is 0.307. The normalized spacial score (nSPS) is 11.1. The molecule has 0 saturated heterocycles. The zero-order chi connectivity index (χ0) is 18.7. The monoisotopic (exact) mass is 355 g/mol. The molecule has 0 aliphatic rings. The standard InChI is InChI=1S/C19H27F2NO3/c1-4-11-22(14-18(20)21)19(23)10-8-15-7-9-16(25-12-5-2)17(13-15)24-6-3/h7-10,13,18H,4-6,11-12,14H2,1-3H3/b10-8+. The fourth-order valence-electron chi connectivity index (χ4n) is 2.23. The molecule has 0 radical (unpaired) electrons. The van der Waals surface area contributed by atoms with Gasteiger partial charge in [-0.05, 0) is 43.5 Å². The van der Waals surface area contributed by atoms with Gasteiger partial charge in [-0.15, -0.1) is 0 Å². The number of amides is 1. The van der Waals surface area contributed by atoms with Crippen molar-refractivity contribution >= 4 is 12.0 Å². The van der Waals surface area contributed by atoms with Crippen LogP contribution in [0.3, 0.4) is 0 Å². The number of hydrogen-bond acceptors (Lipinski definition) is 3. The van der Waals surface area contributed by atoms with Crippen LogP contribution in [-0.4, -0.2) is 43.5 Å². The number of hydrogen-bond donors (Lipinski definition) is 0. The average molecular weight is 355 g/mol. The molecule has 6 heteroatoms. The number of nitrogens with zero attached hydrogens (tertiary/aromatic N) is 1. The number of carbonyl (C=O) groups is 1. The van der Waals surface area contributed by atoms with Crippen LogP contribution in [-0.2, 0) is 4.79 Å². The zero-order valence-corrected chi connectivity index (χ0v) is 15.1. The number of rotatable bonds is 11. The first kappa shape index (κ1) is 20.9. The average Bonchev–Trinajstić information content (AvgIpc) is 2.58. The van der Waals surface area contributed by atoms with Gasteiger partial charge in [0.05, 0.1) is 19.8 Å². The molecule has 0 fully saturated rings. The van der Waals surface area contributed by atoms with E-state index in [1.165, 1.54) is 6.08 Å². The molecule has 0 heterocycles. The molecule has 0 atom stereocenters. The van der Waals surface area contributed by atoms with E-state index in [1.54, 1.807) is 24.3 Å². The van der Waals surface area contributed by atoms with Crippen LogP contribution in [0.5, 0.6) is 11.5 Å². The van der Waals surface area contributed by atoms with Crippen LogP contribution < -0.4 is 9.47 Å². The summed E-state index contributed by atoms with van der Waals surface area (Å²) in [6.45, 7) is 6.58. The van der Waals surface area contributed by atoms with Gasteiger partial charge in [0.15, 0.2) is 11.5 Å². The fraction of sp³-hybridized carbons (Fsp3) is 0.526. The van der Waals surface area contributed by atoms with Crippen LogP contribution in [0.1, 0.15) is 39.2 Å². The second kappa shape index (κ2) is 11.4. The zero-order valence-electron chi connectivity index (χ0n) is 15.1. The van der Waals surface area contributed by atoms with Gasteiger partial charge in [0, 0.05) is 12.6 Å². The van der Waals surface area contributed by atoms with Crippen molar-refractivity contribution in [2.45, 2.75) is 40.0 Å². The van der Waals surface area contributed by atoms with Gasteiger partial charge in [-0.1, -0.05) is 19.9 Å². The van der Waals surface area contributed by atoms with Crippen molar-refractivity contribution < 1.29 is 23.0 Å². The first-order chi connectivity index (χ1) is 12.0. The summed E-state index contributed by atoms with van der Waals surface area (Å²) in [5.41, 5.74) is 0.745. The van der Waals surface area contributed by atoms with Crippen LogP contribution in [0.4, 0.5) is 8.78 Å². The highest BCUT2D eigenvalue weighted by Gasteiger charge is 2.15. The highest BCUT2D eigenvalue weighted by Crippen LogP contribution is 2.29. The van der Waals surface area contributed by atoms with Gasteiger partial charge in [-0.25, -0.2) is 8.78 Å². The van der Waals surface area contributed by atoms with Crippen LogP contribution in [0, 0.1) is 0 Å². The van der Waals surface area contributed by atoms with E-state index >= 15 is 0 Å². The molecule has 0 aromatic heterocycles. The maximum atomic E-state index is 12.6. The Morgan fingerprint density at radius 2 is 1.92 bits per heavy atom. The van der Waals surface area contributed by atoms with Crippen molar-refractivity contribution in [2.24, 2.45) is 0 Å². The van der Waals surface area contributed by atoms with E-state index < -0.39 is 18.9 Å². The van der Waals surface area contributed by atoms with Crippen molar-refractivity contribution in [3.05, 3.63) is 29.8 Å². The molecular weight excluding hydrogens is 328 g/mol. The maximum absolute atomic E-state index is 12.6. The minimum atomic E-state index is -2.54. The van der Waals surface area contributed by atoms with E-state index in [2.05, 4.69) is 0 Å². The Morgan fingerprint density at radius 1 is 1.16 bits per heavy atom. The topological polar surface area (TPSA) is 38.8 Å². The summed E-state index contributed by atoms with van der Waals surface area (Å²) in [5, 5.41) is 0. The van der Waals surface area contributed by atoms with Crippen molar-refractivity contribution in [1.29, 1.82) is 0 Å². The lowest BCUT2D eigenvalue weighted by molar-refractivity contribution is -0.127. The smallest absolute Gasteiger partial charge is 0.255 e. The first-order valence-electron chi connectivity index (χ1n) is 8.66. The summed E-state index contributed by atoms with van der Waals surface area (Å²) < 4.78 is 36.3. The van der Waals surface area contributed by atoms with Crippen LogP contribution in [0.15, 0.2) is 24.3 Å². The van der Waals surface area contributed by atoms with Gasteiger partial charge < -0.3 is 14.4 Å². The third kappa shape index (κ3) is 7.54. The third-order valence-electron chi connectivity index (χ3n) is 3.31. The quantitative estimate of drug-likeness (QED) is 0.553. The Labute approximate surface area is 148 Å². The molecule has 0 saturated carbocycles. The fourth-order valence-corrected chi connectivity index (χ4v) is 2.23. The summed E-state index contributed by atoms with van der Waals surface area (Å²) in [6.07, 6.45) is 1.89. The van der Waals surface area contributed by atoms with E-state index in [9.17, 15) is 13.6 Å². The van der Waals surface area contributed by atoms with E-state index in [4.69, 9.17) is 9.47 Å².